The number of hydrogen-bond donors (Lipinski definition) is 1. The van der Waals surface area contributed by atoms with Gasteiger partial charge in [-0.05, 0) is 24.4 Å². The Bertz CT molecular complexity index is 1140. The lowest BCUT2D eigenvalue weighted by atomic mass is 10.1. The van der Waals surface area contributed by atoms with Crippen molar-refractivity contribution in [2.75, 3.05) is 16.8 Å². The van der Waals surface area contributed by atoms with Crippen LogP contribution in [-0.4, -0.2) is 23.3 Å². The van der Waals surface area contributed by atoms with Crippen LogP contribution in [0.4, 0.5) is 17.1 Å². The molecule has 146 valence electrons. The van der Waals surface area contributed by atoms with E-state index in [1.54, 1.807) is 19.1 Å². The first kappa shape index (κ1) is 18.6. The van der Waals surface area contributed by atoms with E-state index in [1.165, 1.54) is 11.0 Å². The summed E-state index contributed by atoms with van der Waals surface area (Å²) in [4.78, 5) is 37.5. The van der Waals surface area contributed by atoms with Crippen LogP contribution in [0, 0.1) is 23.0 Å². The van der Waals surface area contributed by atoms with Gasteiger partial charge in [0, 0.05) is 35.7 Å². The fraction of sp³-hybridized carbons (Fsp3) is 0.182. The average molecular weight is 389 g/mol. The molecule has 0 radical (unpaired) electrons. The predicted molar refractivity (Wildman–Crippen MR) is 111 cm³/mol. The molecule has 1 aliphatic rings. The maximum atomic E-state index is 12.8. The molecular weight excluding hydrogens is 370 g/mol. The number of rotatable bonds is 4. The molecular formula is C22H19N3O4. The Morgan fingerprint density at radius 2 is 1.90 bits per heavy atom. The first-order valence-corrected chi connectivity index (χ1v) is 9.28. The zero-order chi connectivity index (χ0) is 20.5. The van der Waals surface area contributed by atoms with Crippen LogP contribution in [0.1, 0.15) is 12.0 Å². The van der Waals surface area contributed by atoms with E-state index in [2.05, 4.69) is 5.32 Å². The summed E-state index contributed by atoms with van der Waals surface area (Å²) in [6.45, 7) is 1.84. The fourth-order valence-electron chi connectivity index (χ4n) is 3.66. The number of nitrogens with one attached hydrogen (secondary N) is 1. The number of carbonyl (C=O) groups is 2. The van der Waals surface area contributed by atoms with Crippen molar-refractivity contribution in [2.24, 2.45) is 5.92 Å². The van der Waals surface area contributed by atoms with Gasteiger partial charge in [0.15, 0.2) is 0 Å². The number of nitrogens with zero attached hydrogens (tertiary/aromatic N) is 2. The number of nitro benzene ring substituents is 1. The van der Waals surface area contributed by atoms with E-state index in [1.807, 2.05) is 42.5 Å². The van der Waals surface area contributed by atoms with Crippen molar-refractivity contribution in [1.29, 1.82) is 0 Å². The first-order chi connectivity index (χ1) is 13.9. The normalized spacial score (nSPS) is 16.2. The van der Waals surface area contributed by atoms with Gasteiger partial charge in [-0.15, -0.1) is 0 Å². The average Bonchev–Trinajstić information content (AvgIpc) is 3.10. The van der Waals surface area contributed by atoms with Crippen molar-refractivity contribution in [3.63, 3.8) is 0 Å². The van der Waals surface area contributed by atoms with E-state index >= 15 is 0 Å². The van der Waals surface area contributed by atoms with E-state index in [0.717, 1.165) is 10.8 Å². The summed E-state index contributed by atoms with van der Waals surface area (Å²) in [6.07, 6.45) is 0.0677. The highest BCUT2D eigenvalue weighted by atomic mass is 16.6. The molecule has 7 nitrogen and oxygen atoms in total. The van der Waals surface area contributed by atoms with Gasteiger partial charge in [0.1, 0.15) is 0 Å². The van der Waals surface area contributed by atoms with E-state index in [-0.39, 0.29) is 30.5 Å². The molecule has 0 unspecified atom stereocenters. The van der Waals surface area contributed by atoms with Crippen molar-refractivity contribution in [3.05, 3.63) is 76.3 Å². The highest BCUT2D eigenvalue weighted by molar-refractivity contribution is 6.07. The van der Waals surface area contributed by atoms with E-state index in [0.29, 0.717) is 16.9 Å². The lowest BCUT2D eigenvalue weighted by Crippen LogP contribution is -2.28. The maximum Gasteiger partial charge on any atom is 0.274 e. The quantitative estimate of drug-likeness (QED) is 0.538. The van der Waals surface area contributed by atoms with Crippen LogP contribution in [0.2, 0.25) is 0 Å². The number of amides is 2. The Morgan fingerprint density at radius 3 is 2.69 bits per heavy atom. The van der Waals surface area contributed by atoms with Crippen LogP contribution in [-0.2, 0) is 9.59 Å². The van der Waals surface area contributed by atoms with Crippen molar-refractivity contribution in [1.82, 2.24) is 0 Å². The smallest absolute Gasteiger partial charge is 0.274 e. The Kier molecular flexibility index (Phi) is 4.72. The van der Waals surface area contributed by atoms with E-state index < -0.39 is 10.8 Å². The Hall–Kier alpha value is -3.74. The van der Waals surface area contributed by atoms with Gasteiger partial charge >= 0.3 is 0 Å². The standard InChI is InChI=1S/C22H19N3O4/c1-14-9-10-17(12-20(14)25(28)29)24-13-16(11-21(24)26)22(27)23-19-8-4-6-15-5-2-3-7-18(15)19/h2-10,12,16H,11,13H2,1H3,(H,23,27)/t16-/m1/s1. The summed E-state index contributed by atoms with van der Waals surface area (Å²) < 4.78 is 0. The van der Waals surface area contributed by atoms with Gasteiger partial charge in [0.2, 0.25) is 11.8 Å². The van der Waals surface area contributed by atoms with Gasteiger partial charge in [-0.25, -0.2) is 0 Å². The van der Waals surface area contributed by atoms with Crippen molar-refractivity contribution < 1.29 is 14.5 Å². The third-order valence-corrected chi connectivity index (χ3v) is 5.24. The molecule has 29 heavy (non-hydrogen) atoms. The second-order valence-electron chi connectivity index (χ2n) is 7.15. The molecule has 1 atom stereocenters. The molecule has 1 heterocycles. The number of carbonyl (C=O) groups excluding carboxylic acids is 2. The summed E-state index contributed by atoms with van der Waals surface area (Å²) in [5.74, 6) is -0.984. The number of nitro groups is 1. The minimum absolute atomic E-state index is 0.0426. The van der Waals surface area contributed by atoms with E-state index in [4.69, 9.17) is 0 Å². The zero-order valence-corrected chi connectivity index (χ0v) is 15.8. The van der Waals surface area contributed by atoms with Crippen LogP contribution >= 0.6 is 0 Å². The molecule has 1 aliphatic heterocycles. The molecule has 0 bridgehead atoms. The van der Waals surface area contributed by atoms with Gasteiger partial charge in [0.05, 0.1) is 16.5 Å². The second kappa shape index (κ2) is 7.35. The molecule has 0 aliphatic carbocycles. The fourth-order valence-corrected chi connectivity index (χ4v) is 3.66. The Morgan fingerprint density at radius 1 is 1.14 bits per heavy atom. The van der Waals surface area contributed by atoms with Crippen LogP contribution in [0.3, 0.4) is 0 Å². The van der Waals surface area contributed by atoms with Crippen LogP contribution < -0.4 is 10.2 Å². The van der Waals surface area contributed by atoms with Crippen LogP contribution in [0.15, 0.2) is 60.7 Å². The molecule has 1 saturated heterocycles. The molecule has 3 aromatic rings. The molecule has 0 saturated carbocycles. The van der Waals surface area contributed by atoms with Crippen molar-refractivity contribution in [3.8, 4) is 0 Å². The topological polar surface area (TPSA) is 92.6 Å². The summed E-state index contributed by atoms with van der Waals surface area (Å²) in [7, 11) is 0. The van der Waals surface area contributed by atoms with Gasteiger partial charge in [0.25, 0.3) is 5.69 Å². The molecule has 3 aromatic carbocycles. The predicted octanol–water partition coefficient (Wildman–Crippen LogP) is 4.05. The van der Waals surface area contributed by atoms with Crippen molar-refractivity contribution in [2.45, 2.75) is 13.3 Å². The number of aryl methyl sites for hydroxylation is 1. The first-order valence-electron chi connectivity index (χ1n) is 9.28. The summed E-state index contributed by atoms with van der Waals surface area (Å²) in [5.41, 5.74) is 1.62. The Labute approximate surface area is 167 Å². The second-order valence-corrected chi connectivity index (χ2v) is 7.15. The molecule has 4 rings (SSSR count). The highest BCUT2D eigenvalue weighted by Crippen LogP contribution is 2.31. The van der Waals surface area contributed by atoms with Gasteiger partial charge in [-0.1, -0.05) is 42.5 Å². The molecule has 1 fully saturated rings. The molecule has 2 amide bonds. The van der Waals surface area contributed by atoms with Crippen molar-refractivity contribution >= 4 is 39.6 Å². The third-order valence-electron chi connectivity index (χ3n) is 5.24. The number of anilines is 2. The Balaban J connectivity index is 1.54. The van der Waals surface area contributed by atoms with E-state index in [9.17, 15) is 19.7 Å². The molecule has 7 heteroatoms. The minimum Gasteiger partial charge on any atom is -0.325 e. The lowest BCUT2D eigenvalue weighted by Gasteiger charge is -2.17. The van der Waals surface area contributed by atoms with Crippen LogP contribution in [0.25, 0.3) is 10.8 Å². The number of benzene rings is 3. The summed E-state index contributed by atoms with van der Waals surface area (Å²) >= 11 is 0. The minimum atomic E-state index is -0.526. The maximum absolute atomic E-state index is 12.8. The van der Waals surface area contributed by atoms with Gasteiger partial charge < -0.3 is 10.2 Å². The molecule has 0 aromatic heterocycles. The van der Waals surface area contributed by atoms with Crippen LogP contribution in [0.5, 0.6) is 0 Å². The largest absolute Gasteiger partial charge is 0.325 e. The monoisotopic (exact) mass is 389 g/mol. The third kappa shape index (κ3) is 3.54. The number of hydrogen-bond acceptors (Lipinski definition) is 4. The molecule has 0 spiro atoms. The zero-order valence-electron chi connectivity index (χ0n) is 15.8. The van der Waals surface area contributed by atoms with Gasteiger partial charge in [-0.3, -0.25) is 19.7 Å². The lowest BCUT2D eigenvalue weighted by molar-refractivity contribution is -0.385. The summed E-state index contributed by atoms with van der Waals surface area (Å²) in [5, 5.41) is 16.1. The SMILES string of the molecule is Cc1ccc(N2C[C@H](C(=O)Nc3cccc4ccccc34)CC2=O)cc1[N+](=O)[O-]. The number of fused-ring (bicyclic) bond motifs is 1. The highest BCUT2D eigenvalue weighted by Gasteiger charge is 2.36. The summed E-state index contributed by atoms with van der Waals surface area (Å²) in [6, 6.07) is 18.1. The molecule has 1 N–H and O–H groups in total. The van der Waals surface area contributed by atoms with Gasteiger partial charge in [-0.2, -0.15) is 0 Å².